The summed E-state index contributed by atoms with van der Waals surface area (Å²) in [6, 6.07) is 5.23. The summed E-state index contributed by atoms with van der Waals surface area (Å²) in [7, 11) is 1.63. The molecule has 1 N–H and O–H groups in total. The number of halogens is 1. The zero-order valence-electron chi connectivity index (χ0n) is 12.5. The molecule has 0 aliphatic carbocycles. The Labute approximate surface area is 121 Å². The van der Waals surface area contributed by atoms with Gasteiger partial charge in [0.25, 0.3) is 0 Å². The fourth-order valence-corrected chi connectivity index (χ4v) is 2.83. The second kappa shape index (κ2) is 7.60. The number of ether oxygens (including phenoxy) is 1. The van der Waals surface area contributed by atoms with Gasteiger partial charge in [-0.05, 0) is 24.6 Å². The Kier molecular flexibility index (Phi) is 5.80. The topological polar surface area (TPSA) is 24.5 Å². The largest absolute Gasteiger partial charge is 0.497 e. The van der Waals surface area contributed by atoms with Crippen molar-refractivity contribution < 1.29 is 9.13 Å². The molecule has 0 bridgehead atoms. The zero-order valence-corrected chi connectivity index (χ0v) is 12.5. The first-order valence-corrected chi connectivity index (χ1v) is 7.54. The Morgan fingerprint density at radius 1 is 1.35 bits per heavy atom. The average molecular weight is 280 g/mol. The standard InChI is InChI=1S/C16H25FN2O/c1-3-4-5-16(19-10-8-18-9-11-19)14-12-13(20-2)6-7-15(14)17/h6-7,12,16,18H,3-5,8-11H2,1-2H3/t16-/m0/s1. The predicted molar refractivity (Wildman–Crippen MR) is 79.7 cm³/mol. The van der Waals surface area contributed by atoms with Gasteiger partial charge in [-0.3, -0.25) is 4.90 Å². The number of rotatable bonds is 6. The molecule has 1 fully saturated rings. The number of methoxy groups -OCH3 is 1. The highest BCUT2D eigenvalue weighted by Crippen LogP contribution is 2.31. The van der Waals surface area contributed by atoms with Crippen LogP contribution >= 0.6 is 0 Å². The smallest absolute Gasteiger partial charge is 0.128 e. The number of piperazine rings is 1. The Morgan fingerprint density at radius 2 is 2.10 bits per heavy atom. The Balaban J connectivity index is 2.24. The fourth-order valence-electron chi connectivity index (χ4n) is 2.83. The highest BCUT2D eigenvalue weighted by molar-refractivity contribution is 5.32. The molecule has 3 nitrogen and oxygen atoms in total. The van der Waals surface area contributed by atoms with Crippen molar-refractivity contribution in [2.24, 2.45) is 0 Å². The molecule has 2 rings (SSSR count). The van der Waals surface area contributed by atoms with Crippen LogP contribution in [0.5, 0.6) is 5.75 Å². The lowest BCUT2D eigenvalue weighted by Gasteiger charge is -2.35. The molecule has 0 amide bonds. The molecule has 112 valence electrons. The molecular formula is C16H25FN2O. The van der Waals surface area contributed by atoms with Crippen molar-refractivity contribution >= 4 is 0 Å². The van der Waals surface area contributed by atoms with Gasteiger partial charge < -0.3 is 10.1 Å². The predicted octanol–water partition coefficient (Wildman–Crippen LogP) is 2.97. The quantitative estimate of drug-likeness (QED) is 0.867. The van der Waals surface area contributed by atoms with E-state index in [0.717, 1.165) is 56.8 Å². The van der Waals surface area contributed by atoms with Crippen molar-refractivity contribution in [2.45, 2.75) is 32.2 Å². The van der Waals surface area contributed by atoms with Gasteiger partial charge in [-0.1, -0.05) is 19.8 Å². The van der Waals surface area contributed by atoms with Crippen LogP contribution in [0.4, 0.5) is 4.39 Å². The van der Waals surface area contributed by atoms with Gasteiger partial charge >= 0.3 is 0 Å². The number of hydrogen-bond acceptors (Lipinski definition) is 3. The summed E-state index contributed by atoms with van der Waals surface area (Å²) in [5, 5.41) is 3.35. The zero-order chi connectivity index (χ0) is 14.4. The molecule has 0 aromatic heterocycles. The van der Waals surface area contributed by atoms with Crippen LogP contribution in [-0.2, 0) is 0 Å². The first kappa shape index (κ1) is 15.3. The summed E-state index contributed by atoms with van der Waals surface area (Å²) in [5.74, 6) is 0.614. The third-order valence-corrected chi connectivity index (χ3v) is 3.99. The monoisotopic (exact) mass is 280 g/mol. The summed E-state index contributed by atoms with van der Waals surface area (Å²) in [5.41, 5.74) is 0.778. The van der Waals surface area contributed by atoms with Gasteiger partial charge in [0, 0.05) is 37.8 Å². The molecule has 0 saturated carbocycles. The molecule has 0 spiro atoms. The molecule has 0 unspecified atom stereocenters. The summed E-state index contributed by atoms with van der Waals surface area (Å²) in [6.07, 6.45) is 3.25. The van der Waals surface area contributed by atoms with Crippen molar-refractivity contribution in [3.63, 3.8) is 0 Å². The van der Waals surface area contributed by atoms with E-state index in [1.54, 1.807) is 13.2 Å². The van der Waals surface area contributed by atoms with Crippen molar-refractivity contribution in [2.75, 3.05) is 33.3 Å². The second-order valence-electron chi connectivity index (χ2n) is 5.33. The van der Waals surface area contributed by atoms with Crippen LogP contribution in [0.25, 0.3) is 0 Å². The van der Waals surface area contributed by atoms with Crippen LogP contribution in [0.15, 0.2) is 18.2 Å². The minimum Gasteiger partial charge on any atom is -0.497 e. The van der Waals surface area contributed by atoms with Crippen molar-refractivity contribution in [3.05, 3.63) is 29.6 Å². The minimum absolute atomic E-state index is 0.120. The molecule has 1 aromatic rings. The molecule has 1 aliphatic rings. The lowest BCUT2D eigenvalue weighted by molar-refractivity contribution is 0.160. The molecule has 1 saturated heterocycles. The van der Waals surface area contributed by atoms with E-state index in [9.17, 15) is 4.39 Å². The number of nitrogens with zero attached hydrogens (tertiary/aromatic N) is 1. The van der Waals surface area contributed by atoms with Gasteiger partial charge in [-0.15, -0.1) is 0 Å². The number of hydrogen-bond donors (Lipinski definition) is 1. The maximum Gasteiger partial charge on any atom is 0.128 e. The maximum atomic E-state index is 14.2. The summed E-state index contributed by atoms with van der Waals surface area (Å²) in [6.45, 7) is 6.09. The van der Waals surface area contributed by atoms with Crippen LogP contribution in [0, 0.1) is 5.82 Å². The van der Waals surface area contributed by atoms with E-state index < -0.39 is 0 Å². The van der Waals surface area contributed by atoms with Gasteiger partial charge in [0.05, 0.1) is 7.11 Å². The van der Waals surface area contributed by atoms with Gasteiger partial charge in [0.2, 0.25) is 0 Å². The fraction of sp³-hybridized carbons (Fsp3) is 0.625. The SMILES string of the molecule is CCCC[C@@H](c1cc(OC)ccc1F)N1CCNCC1. The van der Waals surface area contributed by atoms with Crippen molar-refractivity contribution in [1.82, 2.24) is 10.2 Å². The van der Waals surface area contributed by atoms with E-state index in [0.29, 0.717) is 0 Å². The average Bonchev–Trinajstić information content (AvgIpc) is 2.50. The van der Waals surface area contributed by atoms with Crippen LogP contribution in [0.3, 0.4) is 0 Å². The summed E-state index contributed by atoms with van der Waals surface area (Å²) in [4.78, 5) is 2.39. The van der Waals surface area contributed by atoms with E-state index in [-0.39, 0.29) is 11.9 Å². The number of nitrogens with one attached hydrogen (secondary N) is 1. The molecule has 1 heterocycles. The molecule has 1 atom stereocenters. The maximum absolute atomic E-state index is 14.2. The van der Waals surface area contributed by atoms with E-state index in [1.165, 1.54) is 6.07 Å². The first-order chi connectivity index (χ1) is 9.76. The van der Waals surface area contributed by atoms with E-state index in [1.807, 2.05) is 6.07 Å². The normalized spacial score (nSPS) is 17.9. The molecule has 1 aliphatic heterocycles. The van der Waals surface area contributed by atoms with E-state index >= 15 is 0 Å². The third-order valence-electron chi connectivity index (χ3n) is 3.99. The highest BCUT2D eigenvalue weighted by Gasteiger charge is 2.24. The Hall–Kier alpha value is -1.13. The van der Waals surface area contributed by atoms with Crippen LogP contribution in [0.1, 0.15) is 37.8 Å². The van der Waals surface area contributed by atoms with Gasteiger partial charge in [0.1, 0.15) is 11.6 Å². The van der Waals surface area contributed by atoms with Crippen LogP contribution in [0.2, 0.25) is 0 Å². The summed E-state index contributed by atoms with van der Waals surface area (Å²) >= 11 is 0. The molecule has 1 aromatic carbocycles. The Morgan fingerprint density at radius 3 is 2.75 bits per heavy atom. The number of benzene rings is 1. The molecular weight excluding hydrogens is 255 g/mol. The van der Waals surface area contributed by atoms with Gasteiger partial charge in [-0.25, -0.2) is 4.39 Å². The second-order valence-corrected chi connectivity index (χ2v) is 5.33. The van der Waals surface area contributed by atoms with E-state index in [2.05, 4.69) is 17.1 Å². The molecule has 0 radical (unpaired) electrons. The lowest BCUT2D eigenvalue weighted by atomic mass is 9.98. The van der Waals surface area contributed by atoms with Crippen molar-refractivity contribution in [1.29, 1.82) is 0 Å². The Bertz CT molecular complexity index is 419. The first-order valence-electron chi connectivity index (χ1n) is 7.54. The highest BCUT2D eigenvalue weighted by atomic mass is 19.1. The third kappa shape index (κ3) is 3.70. The molecule has 4 heteroatoms. The van der Waals surface area contributed by atoms with Gasteiger partial charge in [-0.2, -0.15) is 0 Å². The lowest BCUT2D eigenvalue weighted by Crippen LogP contribution is -2.45. The number of unbranched alkanes of at least 4 members (excludes halogenated alkanes) is 1. The minimum atomic E-state index is -0.120. The summed E-state index contributed by atoms with van der Waals surface area (Å²) < 4.78 is 19.5. The van der Waals surface area contributed by atoms with Crippen molar-refractivity contribution in [3.8, 4) is 5.75 Å². The molecule has 20 heavy (non-hydrogen) atoms. The van der Waals surface area contributed by atoms with E-state index in [4.69, 9.17) is 4.74 Å². The van der Waals surface area contributed by atoms with Gasteiger partial charge in [0.15, 0.2) is 0 Å². The van der Waals surface area contributed by atoms with Crippen LogP contribution in [-0.4, -0.2) is 38.2 Å². The van der Waals surface area contributed by atoms with Crippen LogP contribution < -0.4 is 10.1 Å².